The van der Waals surface area contributed by atoms with E-state index >= 15 is 0 Å². The topological polar surface area (TPSA) is 21.7 Å². The number of rotatable bonds is 10. The fourth-order valence-electron chi connectivity index (χ4n) is 5.90. The highest BCUT2D eigenvalue weighted by Gasteiger charge is 2.35. The maximum Gasteiger partial charge on any atom is 0.420 e. The van der Waals surface area contributed by atoms with Crippen LogP contribution in [0.5, 0.6) is 17.2 Å². The fraction of sp³-hybridized carbons (Fsp3) is 0.211. The summed E-state index contributed by atoms with van der Waals surface area (Å²) < 4.78 is 54.4. The zero-order valence-corrected chi connectivity index (χ0v) is 24.6. The van der Waals surface area contributed by atoms with Gasteiger partial charge in [0.2, 0.25) is 0 Å². The third-order valence-electron chi connectivity index (χ3n) is 8.00. The first-order valence-electron chi connectivity index (χ1n) is 14.9. The fourth-order valence-corrected chi connectivity index (χ4v) is 5.90. The van der Waals surface area contributed by atoms with Crippen molar-refractivity contribution in [2.24, 2.45) is 0 Å². The molecule has 0 unspecified atom stereocenters. The highest BCUT2D eigenvalue weighted by Crippen LogP contribution is 2.44. The zero-order chi connectivity index (χ0) is 30.5. The van der Waals surface area contributed by atoms with Gasteiger partial charge in [-0.2, -0.15) is 13.2 Å². The number of ether oxygens (including phenoxy) is 2. The molecule has 0 N–H and O–H groups in total. The van der Waals surface area contributed by atoms with Crippen LogP contribution in [-0.2, 0) is 38.7 Å². The summed E-state index contributed by atoms with van der Waals surface area (Å²) in [6.45, 7) is 3.49. The molecular formula is C38H34F3NO2. The van der Waals surface area contributed by atoms with Crippen molar-refractivity contribution >= 4 is 5.69 Å². The first-order valence-corrected chi connectivity index (χ1v) is 14.9. The maximum atomic E-state index is 14.2. The summed E-state index contributed by atoms with van der Waals surface area (Å²) in [4.78, 5) is 2.40. The third-order valence-corrected chi connectivity index (χ3v) is 8.00. The molecule has 44 heavy (non-hydrogen) atoms. The predicted octanol–water partition coefficient (Wildman–Crippen LogP) is 10.1. The largest absolute Gasteiger partial charge is 0.488 e. The van der Waals surface area contributed by atoms with E-state index in [-0.39, 0.29) is 18.1 Å². The third kappa shape index (κ3) is 6.75. The van der Waals surface area contributed by atoms with Crippen molar-refractivity contribution in [1.29, 1.82) is 0 Å². The molecule has 1 aliphatic carbocycles. The Balaban J connectivity index is 1.32. The van der Waals surface area contributed by atoms with Crippen molar-refractivity contribution in [3.8, 4) is 17.2 Å². The van der Waals surface area contributed by atoms with E-state index < -0.39 is 11.7 Å². The number of halogens is 3. The average molecular weight is 594 g/mol. The van der Waals surface area contributed by atoms with Crippen molar-refractivity contribution in [2.75, 3.05) is 4.90 Å². The number of fused-ring (bicyclic) bond motifs is 1. The van der Waals surface area contributed by atoms with E-state index in [0.29, 0.717) is 5.75 Å². The summed E-state index contributed by atoms with van der Waals surface area (Å²) in [5, 5.41) is 0. The molecule has 0 saturated carbocycles. The van der Waals surface area contributed by atoms with Gasteiger partial charge in [0.05, 0.1) is 0 Å². The van der Waals surface area contributed by atoms with Crippen molar-refractivity contribution in [3.63, 3.8) is 0 Å². The number of aryl methyl sites for hydroxylation is 1. The van der Waals surface area contributed by atoms with Crippen LogP contribution in [0.3, 0.4) is 0 Å². The molecule has 1 aliphatic rings. The highest BCUT2D eigenvalue weighted by atomic mass is 19.4. The van der Waals surface area contributed by atoms with Crippen molar-refractivity contribution in [3.05, 3.63) is 154 Å². The van der Waals surface area contributed by atoms with Crippen molar-refractivity contribution in [1.82, 2.24) is 0 Å². The highest BCUT2D eigenvalue weighted by molar-refractivity contribution is 5.66. The van der Waals surface area contributed by atoms with Crippen molar-refractivity contribution in [2.45, 2.75) is 52.1 Å². The first kappa shape index (κ1) is 29.4. The second-order valence-electron chi connectivity index (χ2n) is 11.2. The van der Waals surface area contributed by atoms with E-state index in [1.807, 2.05) is 49.4 Å². The van der Waals surface area contributed by atoms with Crippen LogP contribution >= 0.6 is 0 Å². The molecule has 5 aromatic rings. The SMILES string of the molecule is Cc1cc(N(Cc2ccccc2)Cc2ccccc2)c2c(c1Oc1ccc(OCc3ccccc3)c(C(F)(F)F)c1)CCC2. The van der Waals surface area contributed by atoms with Gasteiger partial charge in [0.1, 0.15) is 29.4 Å². The van der Waals surface area contributed by atoms with Crippen LogP contribution in [0.15, 0.2) is 115 Å². The molecule has 0 atom stereocenters. The van der Waals surface area contributed by atoms with Crippen molar-refractivity contribution < 1.29 is 22.6 Å². The second kappa shape index (κ2) is 12.9. The predicted molar refractivity (Wildman–Crippen MR) is 168 cm³/mol. The summed E-state index contributed by atoms with van der Waals surface area (Å²) in [6, 6.07) is 36.0. The van der Waals surface area contributed by atoms with Gasteiger partial charge in [-0.05, 0) is 78.3 Å². The van der Waals surface area contributed by atoms with Crippen LogP contribution in [0.1, 0.15) is 45.4 Å². The van der Waals surface area contributed by atoms with Crippen LogP contribution in [-0.4, -0.2) is 0 Å². The van der Waals surface area contributed by atoms with Crippen LogP contribution < -0.4 is 14.4 Å². The van der Waals surface area contributed by atoms with Gasteiger partial charge in [-0.15, -0.1) is 0 Å². The molecule has 0 fully saturated rings. The Morgan fingerprint density at radius 1 is 0.682 bits per heavy atom. The lowest BCUT2D eigenvalue weighted by Gasteiger charge is -2.29. The van der Waals surface area contributed by atoms with Gasteiger partial charge in [0.25, 0.3) is 0 Å². The molecule has 0 heterocycles. The van der Waals surface area contributed by atoms with E-state index in [1.165, 1.54) is 22.8 Å². The molecule has 0 amide bonds. The van der Waals surface area contributed by atoms with E-state index in [9.17, 15) is 13.2 Å². The molecule has 0 radical (unpaired) electrons. The van der Waals surface area contributed by atoms with E-state index in [2.05, 4.69) is 59.5 Å². The van der Waals surface area contributed by atoms with E-state index in [0.717, 1.165) is 60.8 Å². The normalized spacial score (nSPS) is 12.5. The molecule has 3 nitrogen and oxygen atoms in total. The zero-order valence-electron chi connectivity index (χ0n) is 24.6. The first-order chi connectivity index (χ1) is 21.3. The van der Waals surface area contributed by atoms with E-state index in [4.69, 9.17) is 9.47 Å². The lowest BCUT2D eigenvalue weighted by atomic mass is 10.0. The molecule has 6 heteroatoms. The van der Waals surface area contributed by atoms with Crippen LogP contribution in [0, 0.1) is 6.92 Å². The maximum absolute atomic E-state index is 14.2. The number of alkyl halides is 3. The number of anilines is 1. The number of hydrogen-bond acceptors (Lipinski definition) is 3. The van der Waals surface area contributed by atoms with Crippen LogP contribution in [0.4, 0.5) is 18.9 Å². The molecule has 0 spiro atoms. The smallest absolute Gasteiger partial charge is 0.420 e. The Morgan fingerprint density at radius 2 is 1.25 bits per heavy atom. The Labute approximate surface area is 256 Å². The van der Waals surface area contributed by atoms with Gasteiger partial charge in [-0.3, -0.25) is 0 Å². The Hall–Kier alpha value is -4.71. The summed E-state index contributed by atoms with van der Waals surface area (Å²) >= 11 is 0. The molecule has 0 aliphatic heterocycles. The Morgan fingerprint density at radius 3 is 1.84 bits per heavy atom. The quantitative estimate of drug-likeness (QED) is 0.161. The van der Waals surface area contributed by atoms with Crippen LogP contribution in [0.2, 0.25) is 0 Å². The number of benzene rings is 5. The van der Waals surface area contributed by atoms with Gasteiger partial charge >= 0.3 is 6.18 Å². The lowest BCUT2D eigenvalue weighted by molar-refractivity contribution is -0.139. The molecule has 6 rings (SSSR count). The molecule has 0 aromatic heterocycles. The van der Waals surface area contributed by atoms with Gasteiger partial charge in [-0.1, -0.05) is 91.0 Å². The van der Waals surface area contributed by atoms with Gasteiger partial charge in [0.15, 0.2) is 0 Å². The molecule has 224 valence electrons. The minimum Gasteiger partial charge on any atom is -0.488 e. The number of hydrogen-bond donors (Lipinski definition) is 0. The minimum absolute atomic E-state index is 0.0423. The second-order valence-corrected chi connectivity index (χ2v) is 11.2. The molecule has 5 aromatic carbocycles. The minimum atomic E-state index is -4.60. The van der Waals surface area contributed by atoms with Gasteiger partial charge < -0.3 is 14.4 Å². The van der Waals surface area contributed by atoms with Crippen LogP contribution in [0.25, 0.3) is 0 Å². The Bertz CT molecular complexity index is 1660. The monoisotopic (exact) mass is 593 g/mol. The van der Waals surface area contributed by atoms with Gasteiger partial charge in [0, 0.05) is 24.3 Å². The molecule has 0 bridgehead atoms. The lowest BCUT2D eigenvalue weighted by Crippen LogP contribution is -2.23. The molecular weight excluding hydrogens is 559 g/mol. The Kier molecular flexibility index (Phi) is 8.60. The standard InChI is InChI=1S/C38H34F3NO2/c1-27-22-35(42(24-28-12-5-2-6-13-28)25-29-14-7-3-8-15-29)32-18-11-19-33(32)37(27)44-31-20-21-36(34(23-31)38(39,40)41)43-26-30-16-9-4-10-17-30/h2-10,12-17,20-23H,11,18-19,24-26H2,1H3. The number of nitrogens with zero attached hydrogens (tertiary/aromatic N) is 1. The average Bonchev–Trinajstić information content (AvgIpc) is 3.52. The summed E-state index contributed by atoms with van der Waals surface area (Å²) in [6.07, 6.45) is -1.93. The molecule has 0 saturated heterocycles. The van der Waals surface area contributed by atoms with E-state index in [1.54, 1.807) is 6.07 Å². The summed E-state index contributed by atoms with van der Waals surface area (Å²) in [7, 11) is 0. The summed E-state index contributed by atoms with van der Waals surface area (Å²) in [5.41, 5.74) is 6.68. The summed E-state index contributed by atoms with van der Waals surface area (Å²) in [5.74, 6) is 0.565. The van der Waals surface area contributed by atoms with Gasteiger partial charge in [-0.25, -0.2) is 0 Å².